The third-order valence-corrected chi connectivity index (χ3v) is 3.93. The molecule has 0 spiro atoms. The highest BCUT2D eigenvalue weighted by atomic mass is 16.5. The normalized spacial score (nSPS) is 23.3. The Bertz CT molecular complexity index is 570. The maximum Gasteiger partial charge on any atom is 0.0841 e. The van der Waals surface area contributed by atoms with Crippen molar-refractivity contribution in [2.75, 3.05) is 13.2 Å². The third-order valence-electron chi connectivity index (χ3n) is 3.93. The van der Waals surface area contributed by atoms with Crippen molar-refractivity contribution in [2.24, 2.45) is 7.05 Å². The maximum absolute atomic E-state index is 5.78. The number of nitrogens with one attached hydrogen (secondary N) is 1. The van der Waals surface area contributed by atoms with Gasteiger partial charge in [-0.25, -0.2) is 0 Å². The molecule has 0 radical (unpaired) electrons. The summed E-state index contributed by atoms with van der Waals surface area (Å²) in [7, 11) is 1.99. The van der Waals surface area contributed by atoms with Gasteiger partial charge in [-0.3, -0.25) is 4.68 Å². The first-order chi connectivity index (χ1) is 9.18. The average Bonchev–Trinajstić information content (AvgIpc) is 2.96. The van der Waals surface area contributed by atoms with Crippen LogP contribution in [-0.2, 0) is 18.3 Å². The lowest BCUT2D eigenvalue weighted by Gasteiger charge is -2.23. The minimum atomic E-state index is 0.00455. The van der Waals surface area contributed by atoms with Crippen LogP contribution in [-0.4, -0.2) is 28.5 Å². The van der Waals surface area contributed by atoms with Crippen molar-refractivity contribution in [2.45, 2.75) is 31.9 Å². The molecule has 1 unspecified atom stereocenters. The van der Waals surface area contributed by atoms with E-state index in [1.165, 1.54) is 17.3 Å². The Kier molecular flexibility index (Phi) is 3.29. The summed E-state index contributed by atoms with van der Waals surface area (Å²) >= 11 is 0. The first-order valence-corrected chi connectivity index (χ1v) is 6.93. The summed E-state index contributed by atoms with van der Waals surface area (Å²) in [5.41, 5.74) is 2.30. The molecular weight excluding hydrogens is 238 g/mol. The zero-order valence-corrected chi connectivity index (χ0v) is 11.6. The number of aromatic nitrogens is 2. The second-order valence-electron chi connectivity index (χ2n) is 5.59. The molecule has 1 atom stereocenters. The first-order valence-electron chi connectivity index (χ1n) is 6.93. The summed E-state index contributed by atoms with van der Waals surface area (Å²) in [6, 6.07) is 8.35. The number of ether oxygens (including phenoxy) is 1. The van der Waals surface area contributed by atoms with E-state index in [9.17, 15) is 0 Å². The van der Waals surface area contributed by atoms with Gasteiger partial charge in [-0.2, -0.15) is 5.10 Å². The monoisotopic (exact) mass is 259 g/mol. The molecule has 1 aromatic carbocycles. The van der Waals surface area contributed by atoms with Crippen LogP contribution >= 0.6 is 0 Å². The molecule has 2 aromatic rings. The Morgan fingerprint density at radius 2 is 2.26 bits per heavy atom. The van der Waals surface area contributed by atoms with E-state index in [0.717, 1.165) is 31.8 Å². The van der Waals surface area contributed by atoms with Gasteiger partial charge < -0.3 is 10.1 Å². The highest BCUT2D eigenvalue weighted by Crippen LogP contribution is 2.24. The molecule has 0 saturated carbocycles. The Morgan fingerprint density at radius 1 is 1.42 bits per heavy atom. The molecule has 102 valence electrons. The maximum atomic E-state index is 5.78. The zero-order valence-electron chi connectivity index (χ0n) is 11.6. The van der Waals surface area contributed by atoms with Crippen molar-refractivity contribution in [3.8, 4) is 0 Å². The number of para-hydroxylation sites is 1. The van der Waals surface area contributed by atoms with Crippen molar-refractivity contribution < 1.29 is 4.74 Å². The molecule has 1 saturated heterocycles. The number of aryl methyl sites for hydroxylation is 1. The summed E-state index contributed by atoms with van der Waals surface area (Å²) in [4.78, 5) is 0. The van der Waals surface area contributed by atoms with Crippen LogP contribution in [0.15, 0.2) is 24.3 Å². The van der Waals surface area contributed by atoms with Gasteiger partial charge in [0, 0.05) is 32.1 Å². The number of rotatable bonds is 4. The Morgan fingerprint density at radius 3 is 3.05 bits per heavy atom. The fourth-order valence-electron chi connectivity index (χ4n) is 2.84. The molecular formula is C15H21N3O. The lowest BCUT2D eigenvalue weighted by molar-refractivity contribution is 0.0206. The molecule has 1 aromatic heterocycles. The van der Waals surface area contributed by atoms with Gasteiger partial charge in [-0.1, -0.05) is 18.2 Å². The summed E-state index contributed by atoms with van der Waals surface area (Å²) in [6.07, 6.45) is 2.31. The summed E-state index contributed by atoms with van der Waals surface area (Å²) in [6.45, 7) is 4.76. The van der Waals surface area contributed by atoms with Gasteiger partial charge in [0.15, 0.2) is 0 Å². The molecule has 19 heavy (non-hydrogen) atoms. The van der Waals surface area contributed by atoms with E-state index in [1.54, 1.807) is 0 Å². The van der Waals surface area contributed by atoms with E-state index >= 15 is 0 Å². The standard InChI is InChI=1S/C15H21N3O/c1-15(8-5-9-19-15)11-16-10-13-12-6-3-4-7-14(12)18(2)17-13/h3-4,6-7,16H,5,8-11H2,1-2H3. The largest absolute Gasteiger partial charge is 0.374 e. The molecule has 1 aliphatic rings. The first kappa shape index (κ1) is 12.6. The highest BCUT2D eigenvalue weighted by Gasteiger charge is 2.29. The van der Waals surface area contributed by atoms with E-state index in [1.807, 2.05) is 11.7 Å². The third kappa shape index (κ3) is 2.51. The van der Waals surface area contributed by atoms with E-state index in [2.05, 4.69) is 41.6 Å². The lowest BCUT2D eigenvalue weighted by atomic mass is 10.0. The van der Waals surface area contributed by atoms with Gasteiger partial charge >= 0.3 is 0 Å². The summed E-state index contributed by atoms with van der Waals surface area (Å²) in [5, 5.41) is 9.31. The molecule has 4 nitrogen and oxygen atoms in total. The van der Waals surface area contributed by atoms with E-state index in [-0.39, 0.29) is 5.60 Å². The van der Waals surface area contributed by atoms with E-state index < -0.39 is 0 Å². The lowest BCUT2D eigenvalue weighted by Crippen LogP contribution is -2.36. The predicted octanol–water partition coefficient (Wildman–Crippen LogP) is 2.23. The van der Waals surface area contributed by atoms with E-state index in [4.69, 9.17) is 4.74 Å². The van der Waals surface area contributed by atoms with Crippen LogP contribution in [0.25, 0.3) is 10.9 Å². The van der Waals surface area contributed by atoms with Crippen molar-refractivity contribution in [3.63, 3.8) is 0 Å². The van der Waals surface area contributed by atoms with Gasteiger partial charge in [0.2, 0.25) is 0 Å². The molecule has 1 fully saturated rings. The van der Waals surface area contributed by atoms with E-state index in [0.29, 0.717) is 0 Å². The van der Waals surface area contributed by atoms with Crippen LogP contribution in [0.2, 0.25) is 0 Å². The van der Waals surface area contributed by atoms with Gasteiger partial charge in [0.05, 0.1) is 16.8 Å². The molecule has 0 amide bonds. The van der Waals surface area contributed by atoms with Gasteiger partial charge in [0.1, 0.15) is 0 Å². The number of hydrogen-bond donors (Lipinski definition) is 1. The van der Waals surface area contributed by atoms with Gasteiger partial charge in [-0.15, -0.1) is 0 Å². The SMILES string of the molecule is Cn1nc(CNCC2(C)CCCO2)c2ccccc21. The molecule has 1 aliphatic heterocycles. The Hall–Kier alpha value is -1.39. The van der Waals surface area contributed by atoms with Gasteiger partial charge in [-0.05, 0) is 25.8 Å². The van der Waals surface area contributed by atoms with Crippen LogP contribution in [0.5, 0.6) is 0 Å². The van der Waals surface area contributed by atoms with Crippen LogP contribution in [0.1, 0.15) is 25.5 Å². The Labute approximate surface area is 113 Å². The topological polar surface area (TPSA) is 39.1 Å². The van der Waals surface area contributed by atoms with Crippen LogP contribution in [0, 0.1) is 0 Å². The van der Waals surface area contributed by atoms with Crippen molar-refractivity contribution in [1.82, 2.24) is 15.1 Å². The molecule has 0 aliphatic carbocycles. The molecule has 0 bridgehead atoms. The highest BCUT2D eigenvalue weighted by molar-refractivity contribution is 5.81. The van der Waals surface area contributed by atoms with Crippen LogP contribution in [0.3, 0.4) is 0 Å². The number of fused-ring (bicyclic) bond motifs is 1. The smallest absolute Gasteiger partial charge is 0.0841 e. The molecule has 2 heterocycles. The van der Waals surface area contributed by atoms with Crippen molar-refractivity contribution in [1.29, 1.82) is 0 Å². The van der Waals surface area contributed by atoms with Crippen molar-refractivity contribution in [3.05, 3.63) is 30.0 Å². The zero-order chi connectivity index (χ0) is 13.3. The second kappa shape index (κ2) is 4.94. The number of hydrogen-bond acceptors (Lipinski definition) is 3. The van der Waals surface area contributed by atoms with Crippen LogP contribution in [0.4, 0.5) is 0 Å². The molecule has 3 rings (SSSR count). The minimum absolute atomic E-state index is 0.00455. The number of benzene rings is 1. The van der Waals surface area contributed by atoms with Gasteiger partial charge in [0.25, 0.3) is 0 Å². The quantitative estimate of drug-likeness (QED) is 0.915. The van der Waals surface area contributed by atoms with Crippen LogP contribution < -0.4 is 5.32 Å². The average molecular weight is 259 g/mol. The molecule has 4 heteroatoms. The minimum Gasteiger partial charge on any atom is -0.374 e. The Balaban J connectivity index is 1.68. The van der Waals surface area contributed by atoms with Crippen molar-refractivity contribution >= 4 is 10.9 Å². The fourth-order valence-corrected chi connectivity index (χ4v) is 2.84. The summed E-state index contributed by atoms with van der Waals surface area (Å²) < 4.78 is 7.73. The molecule has 1 N–H and O–H groups in total. The summed E-state index contributed by atoms with van der Waals surface area (Å²) in [5.74, 6) is 0. The number of nitrogens with zero attached hydrogens (tertiary/aromatic N) is 2. The second-order valence-corrected chi connectivity index (χ2v) is 5.59. The predicted molar refractivity (Wildman–Crippen MR) is 76.0 cm³/mol. The fraction of sp³-hybridized carbons (Fsp3) is 0.533.